The van der Waals surface area contributed by atoms with Gasteiger partial charge in [0, 0.05) is 18.2 Å². The SMILES string of the molecule is COc1ccc(CNCC(C)C)c(OCCF)c1. The van der Waals surface area contributed by atoms with Gasteiger partial charge in [0.25, 0.3) is 0 Å². The van der Waals surface area contributed by atoms with Gasteiger partial charge in [-0.15, -0.1) is 0 Å². The Bertz CT molecular complexity index is 356. The first-order valence-corrected chi connectivity index (χ1v) is 6.23. The number of hydrogen-bond acceptors (Lipinski definition) is 3. The second kappa shape index (κ2) is 7.93. The predicted octanol–water partition coefficient (Wildman–Crippen LogP) is 2.79. The molecule has 1 aromatic rings. The summed E-state index contributed by atoms with van der Waals surface area (Å²) in [5, 5.41) is 3.34. The molecule has 0 aliphatic rings. The molecule has 0 radical (unpaired) electrons. The molecule has 0 aliphatic carbocycles. The molecular formula is C14H22FNO2. The van der Waals surface area contributed by atoms with Gasteiger partial charge in [0.05, 0.1) is 7.11 Å². The maximum Gasteiger partial charge on any atom is 0.127 e. The van der Waals surface area contributed by atoms with Crippen molar-refractivity contribution >= 4 is 0 Å². The van der Waals surface area contributed by atoms with E-state index in [1.165, 1.54) is 0 Å². The van der Waals surface area contributed by atoms with Crippen LogP contribution in [0.4, 0.5) is 4.39 Å². The lowest BCUT2D eigenvalue weighted by Crippen LogP contribution is -2.19. The second-order valence-corrected chi connectivity index (χ2v) is 4.54. The van der Waals surface area contributed by atoms with Crippen LogP contribution in [-0.4, -0.2) is 26.9 Å². The van der Waals surface area contributed by atoms with Crippen molar-refractivity contribution in [2.24, 2.45) is 5.92 Å². The summed E-state index contributed by atoms with van der Waals surface area (Å²) in [6.45, 7) is 5.54. The van der Waals surface area contributed by atoms with Crippen molar-refractivity contribution in [2.75, 3.05) is 26.9 Å². The second-order valence-electron chi connectivity index (χ2n) is 4.54. The van der Waals surface area contributed by atoms with Gasteiger partial charge in [0.15, 0.2) is 0 Å². The van der Waals surface area contributed by atoms with Crippen molar-refractivity contribution in [2.45, 2.75) is 20.4 Å². The van der Waals surface area contributed by atoms with E-state index in [1.54, 1.807) is 13.2 Å². The van der Waals surface area contributed by atoms with Crippen LogP contribution in [0.25, 0.3) is 0 Å². The summed E-state index contributed by atoms with van der Waals surface area (Å²) >= 11 is 0. The van der Waals surface area contributed by atoms with Crippen molar-refractivity contribution in [1.29, 1.82) is 0 Å². The van der Waals surface area contributed by atoms with E-state index in [4.69, 9.17) is 9.47 Å². The molecule has 0 aromatic heterocycles. The third-order valence-electron chi connectivity index (χ3n) is 2.48. The molecule has 0 saturated heterocycles. The lowest BCUT2D eigenvalue weighted by Gasteiger charge is -2.13. The van der Waals surface area contributed by atoms with Crippen LogP contribution in [0.3, 0.4) is 0 Å². The quantitative estimate of drug-likeness (QED) is 0.775. The standard InChI is InChI=1S/C14H22FNO2/c1-11(2)9-16-10-12-4-5-13(17-3)8-14(12)18-7-6-15/h4-5,8,11,16H,6-7,9-10H2,1-3H3. The molecule has 1 N–H and O–H groups in total. The molecule has 1 aromatic carbocycles. The van der Waals surface area contributed by atoms with Crippen LogP contribution in [-0.2, 0) is 6.54 Å². The number of benzene rings is 1. The highest BCUT2D eigenvalue weighted by Crippen LogP contribution is 2.24. The van der Waals surface area contributed by atoms with E-state index >= 15 is 0 Å². The number of methoxy groups -OCH3 is 1. The number of alkyl halides is 1. The van der Waals surface area contributed by atoms with Gasteiger partial charge in [-0.2, -0.15) is 0 Å². The predicted molar refractivity (Wildman–Crippen MR) is 71.0 cm³/mol. The highest BCUT2D eigenvalue weighted by Gasteiger charge is 2.06. The Hall–Kier alpha value is -1.29. The smallest absolute Gasteiger partial charge is 0.127 e. The molecule has 0 fully saturated rings. The van der Waals surface area contributed by atoms with Crippen molar-refractivity contribution in [3.8, 4) is 11.5 Å². The summed E-state index contributed by atoms with van der Waals surface area (Å²) in [5.74, 6) is 2.00. The molecule has 0 amide bonds. The normalized spacial score (nSPS) is 10.7. The zero-order chi connectivity index (χ0) is 13.4. The molecule has 0 aliphatic heterocycles. The third kappa shape index (κ3) is 4.92. The molecule has 0 heterocycles. The van der Waals surface area contributed by atoms with Gasteiger partial charge in [-0.3, -0.25) is 0 Å². The van der Waals surface area contributed by atoms with E-state index < -0.39 is 6.67 Å². The van der Waals surface area contributed by atoms with Crippen LogP contribution >= 0.6 is 0 Å². The van der Waals surface area contributed by atoms with E-state index in [2.05, 4.69) is 19.2 Å². The van der Waals surface area contributed by atoms with Gasteiger partial charge in [-0.05, 0) is 18.5 Å². The first-order valence-electron chi connectivity index (χ1n) is 6.23. The minimum Gasteiger partial charge on any atom is -0.497 e. The van der Waals surface area contributed by atoms with Gasteiger partial charge in [-0.1, -0.05) is 19.9 Å². The monoisotopic (exact) mass is 255 g/mol. The number of nitrogens with one attached hydrogen (secondary N) is 1. The summed E-state index contributed by atoms with van der Waals surface area (Å²) in [6, 6.07) is 5.62. The topological polar surface area (TPSA) is 30.5 Å². The highest BCUT2D eigenvalue weighted by molar-refractivity contribution is 5.40. The molecule has 0 unspecified atom stereocenters. The van der Waals surface area contributed by atoms with E-state index in [9.17, 15) is 4.39 Å². The Morgan fingerprint density at radius 1 is 1.33 bits per heavy atom. The Morgan fingerprint density at radius 2 is 2.11 bits per heavy atom. The van der Waals surface area contributed by atoms with Crippen LogP contribution in [0, 0.1) is 5.92 Å². The van der Waals surface area contributed by atoms with E-state index in [1.807, 2.05) is 12.1 Å². The fraction of sp³-hybridized carbons (Fsp3) is 0.571. The maximum atomic E-state index is 12.2. The van der Waals surface area contributed by atoms with Crippen molar-refractivity contribution in [3.05, 3.63) is 23.8 Å². The van der Waals surface area contributed by atoms with Crippen LogP contribution in [0.2, 0.25) is 0 Å². The highest BCUT2D eigenvalue weighted by atomic mass is 19.1. The van der Waals surface area contributed by atoms with Gasteiger partial charge >= 0.3 is 0 Å². The molecule has 0 saturated carbocycles. The Balaban J connectivity index is 2.68. The number of halogens is 1. The summed E-state index contributed by atoms with van der Waals surface area (Å²) in [7, 11) is 1.60. The average molecular weight is 255 g/mol. The maximum absolute atomic E-state index is 12.2. The number of hydrogen-bond donors (Lipinski definition) is 1. The molecule has 0 spiro atoms. The van der Waals surface area contributed by atoms with Gasteiger partial charge in [0.2, 0.25) is 0 Å². The lowest BCUT2D eigenvalue weighted by atomic mass is 10.1. The Kier molecular flexibility index (Phi) is 6.50. The molecule has 0 bridgehead atoms. The van der Waals surface area contributed by atoms with Crippen LogP contribution < -0.4 is 14.8 Å². The summed E-state index contributed by atoms with van der Waals surface area (Å²) in [6.07, 6.45) is 0. The summed E-state index contributed by atoms with van der Waals surface area (Å²) in [5.41, 5.74) is 1.02. The fourth-order valence-electron chi connectivity index (χ4n) is 1.59. The first kappa shape index (κ1) is 14.8. The molecule has 102 valence electrons. The largest absolute Gasteiger partial charge is 0.497 e. The van der Waals surface area contributed by atoms with Crippen molar-refractivity contribution in [3.63, 3.8) is 0 Å². The van der Waals surface area contributed by atoms with E-state index in [0.29, 0.717) is 18.2 Å². The average Bonchev–Trinajstić information content (AvgIpc) is 2.36. The number of rotatable bonds is 8. The van der Waals surface area contributed by atoms with Crippen molar-refractivity contribution < 1.29 is 13.9 Å². The van der Waals surface area contributed by atoms with Crippen LogP contribution in [0.15, 0.2) is 18.2 Å². The minimum atomic E-state index is -0.490. The van der Waals surface area contributed by atoms with Gasteiger partial charge in [-0.25, -0.2) is 4.39 Å². The van der Waals surface area contributed by atoms with E-state index in [-0.39, 0.29) is 6.61 Å². The summed E-state index contributed by atoms with van der Waals surface area (Å²) in [4.78, 5) is 0. The number of ether oxygens (including phenoxy) is 2. The molecule has 3 nitrogen and oxygen atoms in total. The third-order valence-corrected chi connectivity index (χ3v) is 2.48. The molecule has 4 heteroatoms. The first-order chi connectivity index (χ1) is 8.67. The van der Waals surface area contributed by atoms with Crippen LogP contribution in [0.1, 0.15) is 19.4 Å². The van der Waals surface area contributed by atoms with E-state index in [0.717, 1.165) is 17.9 Å². The lowest BCUT2D eigenvalue weighted by molar-refractivity contribution is 0.269. The molecule has 18 heavy (non-hydrogen) atoms. The molecular weight excluding hydrogens is 233 g/mol. The Morgan fingerprint density at radius 3 is 2.72 bits per heavy atom. The minimum absolute atomic E-state index is 0.0738. The Labute approximate surface area is 108 Å². The van der Waals surface area contributed by atoms with Crippen LogP contribution in [0.5, 0.6) is 11.5 Å². The van der Waals surface area contributed by atoms with Gasteiger partial charge in [0.1, 0.15) is 24.8 Å². The molecule has 1 rings (SSSR count). The fourth-order valence-corrected chi connectivity index (χ4v) is 1.59. The van der Waals surface area contributed by atoms with Gasteiger partial charge < -0.3 is 14.8 Å². The molecule has 0 atom stereocenters. The zero-order valence-electron chi connectivity index (χ0n) is 11.3. The summed E-state index contributed by atoms with van der Waals surface area (Å²) < 4.78 is 22.7. The van der Waals surface area contributed by atoms with Crippen molar-refractivity contribution in [1.82, 2.24) is 5.32 Å². The zero-order valence-corrected chi connectivity index (χ0v) is 11.3.